The Hall–Kier alpha value is -4.86. The lowest BCUT2D eigenvalue weighted by Crippen LogP contribution is -2.54. The lowest BCUT2D eigenvalue weighted by Gasteiger charge is -2.45. The van der Waals surface area contributed by atoms with Crippen LogP contribution in [-0.2, 0) is 4.79 Å². The van der Waals surface area contributed by atoms with E-state index in [1.165, 1.54) is 19.3 Å². The van der Waals surface area contributed by atoms with Gasteiger partial charge in [0.05, 0.1) is 36.1 Å². The van der Waals surface area contributed by atoms with Gasteiger partial charge in [0.15, 0.2) is 17.0 Å². The quantitative estimate of drug-likeness (QED) is 0.132. The van der Waals surface area contributed by atoms with Crippen LogP contribution in [0.4, 0.5) is 11.6 Å². The zero-order valence-corrected chi connectivity index (χ0v) is 44.9. The second kappa shape index (κ2) is 23.6. The Balaban J connectivity index is 0.000000186. The number of aliphatic carboxylic acids is 1. The number of piperidine rings is 3. The first-order chi connectivity index (χ1) is 34.7. The molecule has 0 bridgehead atoms. The Morgan fingerprint density at radius 3 is 1.85 bits per heavy atom. The van der Waals surface area contributed by atoms with Crippen LogP contribution < -0.4 is 9.80 Å². The fourth-order valence-corrected chi connectivity index (χ4v) is 12.3. The lowest BCUT2D eigenvalue weighted by molar-refractivity contribution is -0.144. The standard InChI is InChI=1S/C25H29Cl2N7O.C25H30Cl2N6O2.C2H6/c1-16(19-6-5-18(26)11-20(19)27)34-25-24(21(12-28)31-34)29-13-23(30-25)33-10-7-22(17(14-33)15-35)32-8-3-2-4-9-32;1-14-5-4-9-32(14)21-8-10-31(13-19(21)25(34)35)22-12-28-23-15(2)30-33(24(23)29-22)16(3)18-7-6-17(26)11-20(18)27;1-2/h5-6,11,13,16-17,22,35H,2-4,7-10,14-15H2,1H3;6-7,11-12,14,16,19,21H,4-5,8-10,13H2,1-3H3,(H,34,35);1-2H3. The first-order valence-corrected chi connectivity index (χ1v) is 26.9. The molecule has 20 heteroatoms. The molecule has 4 saturated heterocycles. The van der Waals surface area contributed by atoms with Crippen LogP contribution in [0.15, 0.2) is 48.8 Å². The maximum Gasteiger partial charge on any atom is 0.309 e. The number of benzene rings is 2. The van der Waals surface area contributed by atoms with Gasteiger partial charge in [-0.3, -0.25) is 14.6 Å². The van der Waals surface area contributed by atoms with Gasteiger partial charge in [0.25, 0.3) is 0 Å². The van der Waals surface area contributed by atoms with Crippen LogP contribution in [0.1, 0.15) is 114 Å². The molecule has 8 heterocycles. The van der Waals surface area contributed by atoms with Crippen LogP contribution in [0.3, 0.4) is 0 Å². The van der Waals surface area contributed by atoms with Gasteiger partial charge in [-0.05, 0) is 121 Å². The van der Waals surface area contributed by atoms with Crippen LogP contribution in [0.25, 0.3) is 22.3 Å². The molecule has 72 heavy (non-hydrogen) atoms. The Morgan fingerprint density at radius 2 is 1.31 bits per heavy atom. The molecule has 2 N–H and O–H groups in total. The molecule has 4 aliphatic rings. The van der Waals surface area contributed by atoms with Gasteiger partial charge in [0.2, 0.25) is 0 Å². The zero-order chi connectivity index (χ0) is 51.4. The first kappa shape index (κ1) is 53.4. The number of carboxylic acids is 1. The SMILES string of the molecule is CC.CC(c1ccc(Cl)cc1Cl)n1nc(C#N)c2ncc(N3CCC(N4CCCCC4)C(CO)C3)nc21.Cc1nn(C(C)c2ccc(Cl)cc2Cl)c2nc(N3CCC(N4CCCC4C)C(C(=O)O)C3)cnc12. The van der Waals surface area contributed by atoms with Gasteiger partial charge < -0.3 is 20.0 Å². The van der Waals surface area contributed by atoms with E-state index in [-0.39, 0.29) is 36.3 Å². The van der Waals surface area contributed by atoms with Crippen molar-refractivity contribution in [2.24, 2.45) is 11.8 Å². The molecule has 0 amide bonds. The van der Waals surface area contributed by atoms with Crippen molar-refractivity contribution >= 4 is 86.3 Å². The van der Waals surface area contributed by atoms with E-state index in [2.05, 4.69) is 47.7 Å². The predicted molar refractivity (Wildman–Crippen MR) is 286 cm³/mol. The van der Waals surface area contributed by atoms with E-state index in [1.807, 2.05) is 57.5 Å². The van der Waals surface area contributed by atoms with Crippen molar-refractivity contribution in [3.63, 3.8) is 0 Å². The summed E-state index contributed by atoms with van der Waals surface area (Å²) >= 11 is 25.1. The maximum absolute atomic E-state index is 12.3. The van der Waals surface area contributed by atoms with Gasteiger partial charge in [0, 0.05) is 76.9 Å². The number of aromatic nitrogens is 8. The highest BCUT2D eigenvalue weighted by Gasteiger charge is 2.41. The molecule has 0 saturated carbocycles. The van der Waals surface area contributed by atoms with E-state index >= 15 is 0 Å². The number of carboxylic acid groups (broad SMARTS) is 1. The largest absolute Gasteiger partial charge is 0.481 e. The minimum atomic E-state index is -0.750. The van der Waals surface area contributed by atoms with Crippen LogP contribution in [0.2, 0.25) is 20.1 Å². The topological polar surface area (TPSA) is 181 Å². The highest BCUT2D eigenvalue weighted by Crippen LogP contribution is 2.36. The summed E-state index contributed by atoms with van der Waals surface area (Å²) in [5.41, 5.74) is 5.11. The van der Waals surface area contributed by atoms with Gasteiger partial charge in [-0.1, -0.05) is 78.8 Å². The van der Waals surface area contributed by atoms with E-state index in [9.17, 15) is 20.3 Å². The number of hydrogen-bond donors (Lipinski definition) is 2. The van der Waals surface area contributed by atoms with E-state index in [1.54, 1.807) is 35.3 Å². The fourth-order valence-electron chi connectivity index (χ4n) is 11.2. The minimum Gasteiger partial charge on any atom is -0.481 e. The molecular formula is C52H65Cl4N13O3. The molecule has 384 valence electrons. The zero-order valence-electron chi connectivity index (χ0n) is 41.9. The average Bonchev–Trinajstić information content (AvgIpc) is 4.10. The van der Waals surface area contributed by atoms with E-state index in [0.717, 1.165) is 93.1 Å². The number of anilines is 2. The Morgan fingerprint density at radius 1 is 0.750 bits per heavy atom. The number of aryl methyl sites for hydroxylation is 1. The number of nitriles is 1. The monoisotopic (exact) mass is 1060 g/mol. The second-order valence-corrected chi connectivity index (χ2v) is 20.9. The molecule has 6 aromatic rings. The number of carbonyl (C=O) groups is 1. The molecule has 10 rings (SSSR count). The highest BCUT2D eigenvalue weighted by molar-refractivity contribution is 6.35. The Labute approximate surface area is 441 Å². The summed E-state index contributed by atoms with van der Waals surface area (Å²) < 4.78 is 3.55. The normalized spacial score (nSPS) is 22.7. The number of aliphatic hydroxyl groups excluding tert-OH is 1. The second-order valence-electron chi connectivity index (χ2n) is 19.2. The van der Waals surface area contributed by atoms with Crippen LogP contribution in [0.5, 0.6) is 0 Å². The average molecular weight is 1060 g/mol. The van der Waals surface area contributed by atoms with Gasteiger partial charge in [-0.15, -0.1) is 0 Å². The molecule has 0 radical (unpaired) electrons. The minimum absolute atomic E-state index is 0.0535. The van der Waals surface area contributed by atoms with Crippen molar-refractivity contribution in [2.45, 2.75) is 117 Å². The van der Waals surface area contributed by atoms with Gasteiger partial charge >= 0.3 is 5.97 Å². The van der Waals surface area contributed by atoms with Gasteiger partial charge in [0.1, 0.15) is 28.7 Å². The molecule has 4 aromatic heterocycles. The van der Waals surface area contributed by atoms with Gasteiger partial charge in [-0.25, -0.2) is 29.3 Å². The Bertz CT molecular complexity index is 2900. The van der Waals surface area contributed by atoms with E-state index in [4.69, 9.17) is 61.5 Å². The first-order valence-electron chi connectivity index (χ1n) is 25.3. The summed E-state index contributed by atoms with van der Waals surface area (Å²) in [4.78, 5) is 40.5. The number of aliphatic hydroxyl groups is 1. The van der Waals surface area contributed by atoms with Crippen molar-refractivity contribution in [1.82, 2.24) is 49.3 Å². The number of likely N-dealkylation sites (tertiary alicyclic amines) is 2. The smallest absolute Gasteiger partial charge is 0.309 e. The molecule has 7 atom stereocenters. The van der Waals surface area contributed by atoms with Crippen molar-refractivity contribution in [3.05, 3.63) is 91.4 Å². The van der Waals surface area contributed by atoms with Crippen molar-refractivity contribution < 1.29 is 15.0 Å². The molecule has 0 spiro atoms. The predicted octanol–water partition coefficient (Wildman–Crippen LogP) is 10.1. The number of halogens is 4. The number of hydrogen-bond acceptors (Lipinski definition) is 13. The fraction of sp³-hybridized carbons (Fsp3) is 0.538. The van der Waals surface area contributed by atoms with Crippen molar-refractivity contribution in [3.8, 4) is 6.07 Å². The third kappa shape index (κ3) is 11.1. The maximum atomic E-state index is 12.3. The van der Waals surface area contributed by atoms with Crippen LogP contribution in [0, 0.1) is 30.1 Å². The number of fused-ring (bicyclic) bond motifs is 2. The molecule has 16 nitrogen and oxygen atoms in total. The van der Waals surface area contributed by atoms with E-state index < -0.39 is 11.9 Å². The van der Waals surface area contributed by atoms with Crippen LogP contribution in [-0.4, -0.2) is 136 Å². The number of nitrogens with zero attached hydrogens (tertiary/aromatic N) is 13. The third-order valence-electron chi connectivity index (χ3n) is 15.0. The van der Waals surface area contributed by atoms with Crippen molar-refractivity contribution in [1.29, 1.82) is 5.26 Å². The van der Waals surface area contributed by atoms with Crippen LogP contribution >= 0.6 is 46.4 Å². The van der Waals surface area contributed by atoms with Gasteiger partial charge in [-0.2, -0.15) is 15.5 Å². The number of rotatable bonds is 10. The Kier molecular flexibility index (Phi) is 17.5. The highest BCUT2D eigenvalue weighted by atomic mass is 35.5. The molecule has 2 aromatic carbocycles. The summed E-state index contributed by atoms with van der Waals surface area (Å²) in [7, 11) is 0. The molecule has 4 aliphatic heterocycles. The van der Waals surface area contributed by atoms with Crippen molar-refractivity contribution in [2.75, 3.05) is 62.2 Å². The van der Waals surface area contributed by atoms with E-state index in [0.29, 0.717) is 61.3 Å². The molecule has 4 fully saturated rings. The third-order valence-corrected chi connectivity index (χ3v) is 16.1. The molecule has 0 aliphatic carbocycles. The summed E-state index contributed by atoms with van der Waals surface area (Å²) in [5, 5.41) is 41.4. The molecular weight excluding hydrogens is 996 g/mol. The lowest BCUT2D eigenvalue weighted by atomic mass is 9.90. The summed E-state index contributed by atoms with van der Waals surface area (Å²) in [6.07, 6.45) is 11.3. The summed E-state index contributed by atoms with van der Waals surface area (Å²) in [5.74, 6) is 0.339. The summed E-state index contributed by atoms with van der Waals surface area (Å²) in [6.45, 7) is 18.2. The summed E-state index contributed by atoms with van der Waals surface area (Å²) in [6, 6.07) is 13.3. The molecule has 7 unspecified atom stereocenters.